The zero-order valence-corrected chi connectivity index (χ0v) is 17.0. The molecule has 1 unspecified atom stereocenters. The zero-order chi connectivity index (χ0) is 20.4. The van der Waals surface area contributed by atoms with E-state index in [0.29, 0.717) is 25.2 Å². The topological polar surface area (TPSA) is 71.6 Å². The molecule has 0 bridgehead atoms. The van der Waals surface area contributed by atoms with Gasteiger partial charge in [0.05, 0.1) is 6.04 Å². The van der Waals surface area contributed by atoms with Crippen molar-refractivity contribution >= 4 is 11.7 Å². The molecule has 1 N–H and O–H groups in total. The molecule has 3 aromatic rings. The van der Waals surface area contributed by atoms with E-state index in [1.807, 2.05) is 17.0 Å². The van der Waals surface area contributed by atoms with E-state index in [-0.39, 0.29) is 17.8 Å². The number of benzene rings is 1. The summed E-state index contributed by atoms with van der Waals surface area (Å²) in [5, 5.41) is 7.33. The van der Waals surface area contributed by atoms with E-state index < -0.39 is 0 Å². The third-order valence-corrected chi connectivity index (χ3v) is 5.74. The molecule has 7 nitrogen and oxygen atoms in total. The second-order valence-corrected chi connectivity index (χ2v) is 7.72. The third-order valence-electron chi connectivity index (χ3n) is 5.74. The lowest BCUT2D eigenvalue weighted by atomic mass is 9.99. The minimum absolute atomic E-state index is 0.0342. The van der Waals surface area contributed by atoms with Gasteiger partial charge >= 0.3 is 11.7 Å². The van der Waals surface area contributed by atoms with Crippen molar-refractivity contribution in [2.75, 3.05) is 13.1 Å². The maximum Gasteiger partial charge on any atom is 0.350 e. The average Bonchev–Trinajstić information content (AvgIpc) is 3.33. The zero-order valence-electron chi connectivity index (χ0n) is 17.0. The summed E-state index contributed by atoms with van der Waals surface area (Å²) >= 11 is 0. The number of pyridine rings is 1. The predicted octanol–water partition coefficient (Wildman–Crippen LogP) is 3.05. The fraction of sp³-hybridized carbons (Fsp3) is 0.409. The SMILES string of the molecule is Cc1ccc(C2CCCN2C(=O)NCCCn2nc3ccccn3c2=O)cc1C. The van der Waals surface area contributed by atoms with E-state index >= 15 is 0 Å². The number of aromatic nitrogens is 3. The van der Waals surface area contributed by atoms with Crippen molar-refractivity contribution in [1.29, 1.82) is 0 Å². The monoisotopic (exact) mass is 393 g/mol. The molecule has 1 atom stereocenters. The van der Waals surface area contributed by atoms with E-state index in [9.17, 15) is 9.59 Å². The molecule has 0 radical (unpaired) electrons. The highest BCUT2D eigenvalue weighted by molar-refractivity contribution is 5.75. The van der Waals surface area contributed by atoms with Gasteiger partial charge in [0, 0.05) is 25.8 Å². The molecule has 2 aromatic heterocycles. The van der Waals surface area contributed by atoms with Crippen LogP contribution < -0.4 is 11.0 Å². The molecule has 0 aliphatic carbocycles. The van der Waals surface area contributed by atoms with Crippen molar-refractivity contribution in [3.05, 3.63) is 69.8 Å². The van der Waals surface area contributed by atoms with Crippen LogP contribution in [0.3, 0.4) is 0 Å². The molecule has 4 rings (SSSR count). The maximum absolute atomic E-state index is 12.7. The molecule has 1 saturated heterocycles. The molecule has 29 heavy (non-hydrogen) atoms. The number of likely N-dealkylation sites (tertiary alicyclic amines) is 1. The Kier molecular flexibility index (Phi) is 5.38. The Labute approximate surface area is 170 Å². The Morgan fingerprint density at radius 1 is 1.21 bits per heavy atom. The van der Waals surface area contributed by atoms with Gasteiger partial charge in [-0.1, -0.05) is 24.3 Å². The molecule has 0 spiro atoms. The van der Waals surface area contributed by atoms with Crippen molar-refractivity contribution < 1.29 is 4.79 Å². The van der Waals surface area contributed by atoms with Crippen LogP contribution in [0.1, 0.15) is 42.0 Å². The Balaban J connectivity index is 1.33. The van der Waals surface area contributed by atoms with E-state index in [0.717, 1.165) is 19.4 Å². The van der Waals surface area contributed by atoms with Gasteiger partial charge in [-0.05, 0) is 61.9 Å². The smallest absolute Gasteiger partial charge is 0.338 e. The number of rotatable bonds is 5. The summed E-state index contributed by atoms with van der Waals surface area (Å²) < 4.78 is 2.98. The maximum atomic E-state index is 12.7. The van der Waals surface area contributed by atoms with Crippen LogP contribution in [-0.4, -0.2) is 38.2 Å². The molecular formula is C22H27N5O2. The minimum atomic E-state index is -0.152. The molecule has 152 valence electrons. The van der Waals surface area contributed by atoms with Crippen LogP contribution >= 0.6 is 0 Å². The predicted molar refractivity (Wildman–Crippen MR) is 112 cm³/mol. The van der Waals surface area contributed by atoms with Crippen molar-refractivity contribution in [3.8, 4) is 0 Å². The van der Waals surface area contributed by atoms with Crippen LogP contribution in [0.5, 0.6) is 0 Å². The fourth-order valence-electron chi connectivity index (χ4n) is 3.97. The van der Waals surface area contributed by atoms with Gasteiger partial charge in [-0.2, -0.15) is 0 Å². The first kappa shape index (κ1) is 19.2. The van der Waals surface area contributed by atoms with Crippen molar-refractivity contribution in [1.82, 2.24) is 24.4 Å². The Morgan fingerprint density at radius 2 is 2.07 bits per heavy atom. The number of fused-ring (bicyclic) bond motifs is 1. The highest BCUT2D eigenvalue weighted by Crippen LogP contribution is 2.32. The van der Waals surface area contributed by atoms with Gasteiger partial charge in [-0.15, -0.1) is 5.10 Å². The van der Waals surface area contributed by atoms with Crippen LogP contribution in [0.2, 0.25) is 0 Å². The largest absolute Gasteiger partial charge is 0.350 e. The molecule has 1 aliphatic rings. The van der Waals surface area contributed by atoms with Crippen LogP contribution in [0.15, 0.2) is 47.4 Å². The number of aryl methyl sites for hydroxylation is 3. The number of carbonyl (C=O) groups excluding carboxylic acids is 1. The Bertz CT molecular complexity index is 1080. The van der Waals surface area contributed by atoms with Crippen LogP contribution in [0.4, 0.5) is 4.79 Å². The summed E-state index contributed by atoms with van der Waals surface area (Å²) in [5.74, 6) is 0. The molecule has 7 heteroatoms. The normalized spacial score (nSPS) is 16.5. The quantitative estimate of drug-likeness (QED) is 0.677. The summed E-state index contributed by atoms with van der Waals surface area (Å²) in [7, 11) is 0. The van der Waals surface area contributed by atoms with Gasteiger partial charge < -0.3 is 10.2 Å². The number of nitrogens with zero attached hydrogens (tertiary/aromatic N) is 4. The number of hydrogen-bond acceptors (Lipinski definition) is 3. The van der Waals surface area contributed by atoms with Gasteiger partial charge in [0.2, 0.25) is 0 Å². The van der Waals surface area contributed by atoms with Crippen LogP contribution in [-0.2, 0) is 6.54 Å². The van der Waals surface area contributed by atoms with Crippen molar-refractivity contribution in [2.45, 2.75) is 45.7 Å². The van der Waals surface area contributed by atoms with Gasteiger partial charge in [-0.25, -0.2) is 14.3 Å². The highest BCUT2D eigenvalue weighted by Gasteiger charge is 2.29. The first-order valence-corrected chi connectivity index (χ1v) is 10.2. The molecule has 1 aliphatic heterocycles. The van der Waals surface area contributed by atoms with E-state index in [4.69, 9.17) is 0 Å². The lowest BCUT2D eigenvalue weighted by molar-refractivity contribution is 0.192. The second-order valence-electron chi connectivity index (χ2n) is 7.72. The second kappa shape index (κ2) is 8.11. The molecule has 0 saturated carbocycles. The van der Waals surface area contributed by atoms with E-state index in [2.05, 4.69) is 42.5 Å². The summed E-state index contributed by atoms with van der Waals surface area (Å²) in [6, 6.07) is 12.0. The van der Waals surface area contributed by atoms with Crippen molar-refractivity contribution in [3.63, 3.8) is 0 Å². The Morgan fingerprint density at radius 3 is 2.86 bits per heavy atom. The summed E-state index contributed by atoms with van der Waals surface area (Å²) in [5.41, 5.74) is 4.21. The Hall–Kier alpha value is -3.09. The number of amides is 2. The number of nitrogens with one attached hydrogen (secondary N) is 1. The molecule has 3 heterocycles. The molecule has 1 aromatic carbocycles. The van der Waals surface area contributed by atoms with E-state index in [1.54, 1.807) is 12.3 Å². The summed E-state index contributed by atoms with van der Waals surface area (Å²) in [6.45, 7) is 5.97. The number of urea groups is 1. The van der Waals surface area contributed by atoms with Gasteiger partial charge in [0.15, 0.2) is 5.65 Å². The van der Waals surface area contributed by atoms with E-state index in [1.165, 1.54) is 25.8 Å². The molecule has 2 amide bonds. The first-order valence-electron chi connectivity index (χ1n) is 10.2. The molecular weight excluding hydrogens is 366 g/mol. The standard InChI is InChI=1S/C22H27N5O2/c1-16-9-10-18(15-17(16)2)19-7-5-13-25(19)21(28)23-11-6-14-27-22(29)26-12-4-3-8-20(26)24-27/h3-4,8-10,12,15,19H,5-7,11,13-14H2,1-2H3,(H,23,28). The lowest BCUT2D eigenvalue weighted by Gasteiger charge is -2.26. The fourth-order valence-corrected chi connectivity index (χ4v) is 3.97. The van der Waals surface area contributed by atoms with Crippen LogP contribution in [0, 0.1) is 13.8 Å². The van der Waals surface area contributed by atoms with Gasteiger partial charge in [0.25, 0.3) is 0 Å². The molecule has 1 fully saturated rings. The van der Waals surface area contributed by atoms with Crippen molar-refractivity contribution in [2.24, 2.45) is 0 Å². The lowest BCUT2D eigenvalue weighted by Crippen LogP contribution is -2.40. The third kappa shape index (κ3) is 3.90. The average molecular weight is 393 g/mol. The summed E-state index contributed by atoms with van der Waals surface area (Å²) in [6.07, 6.45) is 4.37. The highest BCUT2D eigenvalue weighted by atomic mass is 16.2. The van der Waals surface area contributed by atoms with Gasteiger partial charge in [0.1, 0.15) is 0 Å². The number of hydrogen-bond donors (Lipinski definition) is 1. The first-order chi connectivity index (χ1) is 14.0. The summed E-state index contributed by atoms with van der Waals surface area (Å²) in [4.78, 5) is 26.9. The van der Waals surface area contributed by atoms with Gasteiger partial charge in [-0.3, -0.25) is 4.40 Å². The minimum Gasteiger partial charge on any atom is -0.338 e. The van der Waals surface area contributed by atoms with Crippen LogP contribution in [0.25, 0.3) is 5.65 Å². The number of carbonyl (C=O) groups is 1.